The summed E-state index contributed by atoms with van der Waals surface area (Å²) >= 11 is 0. The second kappa shape index (κ2) is 55.1. The Balaban J connectivity index is 0.000000203. The predicted octanol–water partition coefficient (Wildman–Crippen LogP) is 13.5. The van der Waals surface area contributed by atoms with E-state index in [4.69, 9.17) is 15.6 Å². The second-order valence-electron chi connectivity index (χ2n) is 31.8. The number of Topliss-reactive ketones (excluding diaryl/α,β-unsaturated/α-hetero) is 2. The van der Waals surface area contributed by atoms with E-state index in [2.05, 4.69) is 132 Å². The van der Waals surface area contributed by atoms with Crippen molar-refractivity contribution in [2.24, 2.45) is 17.6 Å². The quantitative estimate of drug-likeness (QED) is 0.0138. The van der Waals surface area contributed by atoms with Crippen molar-refractivity contribution in [1.29, 1.82) is 0 Å². The minimum absolute atomic E-state index is 0.00560. The van der Waals surface area contributed by atoms with Crippen molar-refractivity contribution < 1.29 is 55.4 Å². The Labute approximate surface area is 807 Å². The van der Waals surface area contributed by atoms with E-state index >= 15 is 0 Å². The molecule has 12 heterocycles. The number of carbonyl (C=O) groups is 5. The van der Waals surface area contributed by atoms with Crippen molar-refractivity contribution in [1.82, 2.24) is 100 Å². The number of aliphatic hydroxyl groups excluding tert-OH is 1. The van der Waals surface area contributed by atoms with Gasteiger partial charge in [-0.1, -0.05) is 87.5 Å². The average Bonchev–Trinajstić information content (AvgIpc) is 1.75. The number of anilines is 6. The molecule has 1 aliphatic rings. The molecule has 36 nitrogen and oxygen atoms in total. The fourth-order valence-corrected chi connectivity index (χ4v) is 13.2. The molecule has 1 fully saturated rings. The highest BCUT2D eigenvalue weighted by molar-refractivity contribution is 7.90. The molecule has 0 spiro atoms. The van der Waals surface area contributed by atoms with Crippen molar-refractivity contribution >= 4 is 74.0 Å². The molecule has 732 valence electrons. The second-order valence-corrected chi connectivity index (χ2v) is 34.0. The van der Waals surface area contributed by atoms with Crippen LogP contribution in [0.15, 0.2) is 195 Å². The monoisotopic (exact) mass is 1920 g/mol. The third kappa shape index (κ3) is 36.1. The number of nitrogens with two attached hydrogens (primary N) is 1. The van der Waals surface area contributed by atoms with Crippen LogP contribution in [0.3, 0.4) is 0 Å². The average molecular weight is 1920 g/mol. The molecular formula is C99H120F3N27O9S. The third-order valence-electron chi connectivity index (χ3n) is 20.3. The molecule has 12 aromatic heterocycles. The lowest BCUT2D eigenvalue weighted by molar-refractivity contribution is -0.141. The maximum Gasteiger partial charge on any atom is 0.433 e. The summed E-state index contributed by atoms with van der Waals surface area (Å²) in [6.45, 7) is 32.4. The number of ketones is 2. The number of aryl methyl sites for hydroxylation is 5. The number of hydrogen-bond donors (Lipinski definition) is 10. The minimum atomic E-state index is -4.70. The lowest BCUT2D eigenvalue weighted by Gasteiger charge is -2.16. The summed E-state index contributed by atoms with van der Waals surface area (Å²) < 4.78 is 66.9. The van der Waals surface area contributed by atoms with E-state index in [1.54, 1.807) is 63.9 Å². The summed E-state index contributed by atoms with van der Waals surface area (Å²) in [5, 5.41) is 32.9. The molecule has 0 saturated heterocycles. The number of benzene rings is 1. The first-order valence-electron chi connectivity index (χ1n) is 45.0. The maximum absolute atomic E-state index is 13.2. The number of aromatic nitrogens is 18. The topological polar surface area (TPSA) is 503 Å². The molecule has 40 heteroatoms. The normalized spacial score (nSPS) is 12.8. The van der Waals surface area contributed by atoms with Crippen molar-refractivity contribution in [2.75, 3.05) is 96.5 Å². The van der Waals surface area contributed by atoms with Crippen LogP contribution in [-0.4, -0.2) is 215 Å². The van der Waals surface area contributed by atoms with E-state index in [0.717, 1.165) is 99.4 Å². The van der Waals surface area contributed by atoms with E-state index < -0.39 is 45.6 Å². The van der Waals surface area contributed by atoms with Gasteiger partial charge in [-0.25, -0.2) is 68.2 Å². The molecule has 0 bridgehead atoms. The van der Waals surface area contributed by atoms with Crippen LogP contribution in [0.25, 0.3) is 69.1 Å². The van der Waals surface area contributed by atoms with E-state index in [1.807, 2.05) is 217 Å². The van der Waals surface area contributed by atoms with Gasteiger partial charge in [0.2, 0.25) is 17.7 Å². The Morgan fingerprint density at radius 1 is 0.489 bits per heavy atom. The third-order valence-corrected chi connectivity index (χ3v) is 21.3. The largest absolute Gasteiger partial charge is 0.433 e. The van der Waals surface area contributed by atoms with Crippen LogP contribution >= 0.6 is 0 Å². The summed E-state index contributed by atoms with van der Waals surface area (Å²) in [7, 11) is -3.00. The molecule has 0 radical (unpaired) electrons. The highest BCUT2D eigenvalue weighted by Gasteiger charge is 2.43. The van der Waals surface area contributed by atoms with Gasteiger partial charge < -0.3 is 58.1 Å². The zero-order valence-electron chi connectivity index (χ0n) is 80.7. The Bertz CT molecular complexity index is 6230. The van der Waals surface area contributed by atoms with Crippen LogP contribution in [0.5, 0.6) is 0 Å². The number of carbonyl (C=O) groups excluding carboxylic acids is 5. The van der Waals surface area contributed by atoms with Crippen LogP contribution in [0.4, 0.5) is 48.1 Å². The highest BCUT2D eigenvalue weighted by Crippen LogP contribution is 2.34. The molecule has 1 aliphatic carbocycles. The molecule has 1 aromatic carbocycles. The number of amides is 3. The fourth-order valence-electron chi connectivity index (χ4n) is 12.7. The number of nitrogens with zero attached hydrogens (tertiary/aromatic N) is 18. The molecule has 1 saturated carbocycles. The number of alkyl halides is 3. The van der Waals surface area contributed by atoms with E-state index in [-0.39, 0.29) is 78.0 Å². The standard InChI is InChI=1S/C20H21N5O.C18H17F3N4O2.C15H19N5O.C14H17N5O.C14H18N4O2S.C14H18N4O.C4H10O/c1-15-13-18(25-20(24-15)17-9-5-6-10-21-17)22-11-12-23-19(26)14-16-7-3-2-4-8-16;1-9(2)15-12(26)7-11(16(15)27)23-14-8-13(18(19,20)21)24-17(25-14)10-5-3-4-6-22-10;1-4-16-13(21)9-18-14-10(2)11(3)19-15(20-14)12-7-5-6-8-17-12;1-3-10-8-12(17-9(2)13(15)20)19-14(18-10)11-6-4-5-7-16-11;1-10-11(2)17-14(12-6-4-5-7-15-12)18-13(10)16-8-9-21(3,19)20;1-9(8-19)16-13-10(2)11(3)17-14(18-13)12-6-4-5-7-15-12;1-3-5-4-2/h2-10,13H,11-12,14H2,1H3,(H,23,26)(H,22,24,25);3-6,8-9,11,15H,7H2,1-2H3,(H,23,24,25);5-8H,4,9H2,1-3H3,(H,16,21)(H,18,19,20);4-9H,3H2,1-2H3,(H2,15,20)(H,17,18,19);4-7H,8-9H2,1-3H3,(H,16,17,18);4-7,9,19H,8H2,1-3H3,(H,16,17,18);3-4H2,1-2H3. The zero-order chi connectivity index (χ0) is 101. The van der Waals surface area contributed by atoms with E-state index in [0.29, 0.717) is 96.3 Å². The number of likely N-dealkylation sites (N-methyl/N-ethyl adjacent to an activating group) is 1. The number of ether oxygens (including phenoxy) is 1. The van der Waals surface area contributed by atoms with Crippen LogP contribution in [-0.2, 0) is 57.6 Å². The number of halogens is 3. The molecular weight excluding hydrogens is 1800 g/mol. The van der Waals surface area contributed by atoms with Gasteiger partial charge in [0.25, 0.3) is 0 Å². The van der Waals surface area contributed by atoms with Gasteiger partial charge in [0.1, 0.15) is 90.7 Å². The van der Waals surface area contributed by atoms with Crippen LogP contribution < -0.4 is 48.3 Å². The summed E-state index contributed by atoms with van der Waals surface area (Å²) in [5.41, 5.74) is 16.0. The van der Waals surface area contributed by atoms with Gasteiger partial charge in [0.15, 0.2) is 46.4 Å². The van der Waals surface area contributed by atoms with Crippen LogP contribution in [0.2, 0.25) is 0 Å². The van der Waals surface area contributed by atoms with Gasteiger partial charge in [0, 0.05) is 159 Å². The van der Waals surface area contributed by atoms with Crippen LogP contribution in [0, 0.1) is 60.3 Å². The van der Waals surface area contributed by atoms with Gasteiger partial charge in [-0.3, -0.25) is 53.9 Å². The van der Waals surface area contributed by atoms with E-state index in [1.165, 1.54) is 18.5 Å². The number of pyridine rings is 6. The molecule has 11 N–H and O–H groups in total. The number of sulfone groups is 1. The Hall–Kier alpha value is -15.2. The predicted molar refractivity (Wildman–Crippen MR) is 531 cm³/mol. The number of aliphatic hydroxyl groups is 1. The van der Waals surface area contributed by atoms with Crippen molar-refractivity contribution in [3.8, 4) is 69.1 Å². The van der Waals surface area contributed by atoms with Gasteiger partial charge in [-0.05, 0) is 174 Å². The number of nitrogens with one attached hydrogen (secondary N) is 8. The smallest absolute Gasteiger partial charge is 0.394 e. The summed E-state index contributed by atoms with van der Waals surface area (Å²) in [6, 6.07) is 45.3. The number of rotatable bonds is 32. The lowest BCUT2D eigenvalue weighted by atomic mass is 9.92. The first-order chi connectivity index (χ1) is 66.5. The van der Waals surface area contributed by atoms with Gasteiger partial charge in [-0.2, -0.15) is 13.2 Å². The van der Waals surface area contributed by atoms with Gasteiger partial charge in [0.05, 0.1) is 37.3 Å². The molecule has 4 atom stereocenters. The van der Waals surface area contributed by atoms with Gasteiger partial charge in [-0.15, -0.1) is 0 Å². The molecule has 14 rings (SSSR count). The van der Waals surface area contributed by atoms with Crippen molar-refractivity contribution in [3.63, 3.8) is 0 Å². The molecule has 0 aliphatic heterocycles. The number of primary amides is 1. The molecule has 4 unspecified atom stereocenters. The first kappa shape index (κ1) is 109. The van der Waals surface area contributed by atoms with Crippen molar-refractivity contribution in [2.45, 2.75) is 147 Å². The van der Waals surface area contributed by atoms with E-state index in [9.17, 15) is 45.6 Å². The summed E-state index contributed by atoms with van der Waals surface area (Å²) in [5.74, 6) is 3.85. The molecule has 13 aromatic rings. The Morgan fingerprint density at radius 3 is 1.35 bits per heavy atom. The zero-order valence-corrected chi connectivity index (χ0v) is 81.5. The molecule has 139 heavy (non-hydrogen) atoms. The van der Waals surface area contributed by atoms with Crippen molar-refractivity contribution in [3.05, 3.63) is 251 Å². The highest BCUT2D eigenvalue weighted by atomic mass is 32.2. The SMILES string of the molecule is CC(C)C1C(=O)CC(Nc2cc(C(F)(F)F)nc(-c3ccccn3)n2)C1=O.CCNC(=O)CNc1nc(-c2ccccn2)nc(C)c1C.CCOCC.CCc1cc(NC(C)C(N)=O)nc(-c2ccccn2)n1.Cc1cc(NCCNC(=O)Cc2ccccc2)nc(-c2ccccn2)n1.Cc1nc(-c2ccccn2)nc(NC(C)CO)c1C.Cc1nc(-c2ccccn2)nc(NCCS(C)(=O)=O)c1C. The Morgan fingerprint density at radius 2 is 0.928 bits per heavy atom. The number of hydrogen-bond acceptors (Lipinski definition) is 33. The maximum atomic E-state index is 13.2. The minimum Gasteiger partial charge on any atom is -0.394 e. The first-order valence-corrected chi connectivity index (χ1v) is 47.1. The summed E-state index contributed by atoms with van der Waals surface area (Å²) in [4.78, 5) is 136. The summed E-state index contributed by atoms with van der Waals surface area (Å²) in [6.07, 6.45) is 7.53. The molecule has 3 amide bonds. The Kier molecular flexibility index (Phi) is 43.3. The van der Waals surface area contributed by atoms with Gasteiger partial charge >= 0.3 is 6.18 Å². The fraction of sp³-hybridized carbons (Fsp3) is 0.343. The van der Waals surface area contributed by atoms with Crippen LogP contribution in [0.1, 0.15) is 118 Å². The lowest BCUT2D eigenvalue weighted by Crippen LogP contribution is -2.32.